The van der Waals surface area contributed by atoms with Crippen molar-refractivity contribution in [2.75, 3.05) is 47.1 Å². The van der Waals surface area contributed by atoms with Crippen molar-refractivity contribution in [1.29, 1.82) is 0 Å². The van der Waals surface area contributed by atoms with E-state index >= 15 is 0 Å². The zero-order valence-corrected chi connectivity index (χ0v) is 30.9. The molecule has 2 atom stereocenters. The van der Waals surface area contributed by atoms with Crippen LogP contribution < -0.4 is 9.47 Å². The normalized spacial score (nSPS) is 15.4. The summed E-state index contributed by atoms with van der Waals surface area (Å²) in [6, 6.07) is 25.2. The van der Waals surface area contributed by atoms with Gasteiger partial charge in [0.15, 0.2) is 5.78 Å². The third-order valence-electron chi connectivity index (χ3n) is 8.74. The number of benzene rings is 3. The van der Waals surface area contributed by atoms with E-state index < -0.39 is 20.2 Å². The molecule has 10 nitrogen and oxygen atoms in total. The van der Waals surface area contributed by atoms with Gasteiger partial charge in [-0.15, -0.1) is 0 Å². The van der Waals surface area contributed by atoms with Crippen LogP contribution in [0.4, 0.5) is 0 Å². The van der Waals surface area contributed by atoms with E-state index in [9.17, 15) is 9.59 Å². The first-order valence-corrected chi connectivity index (χ1v) is 18.3. The Morgan fingerprint density at radius 1 is 0.860 bits per heavy atom. The minimum Gasteiger partial charge on any atom is -0.497 e. The minimum atomic E-state index is -1.56. The van der Waals surface area contributed by atoms with Crippen LogP contribution in [0.15, 0.2) is 78.9 Å². The van der Waals surface area contributed by atoms with Crippen LogP contribution in [0.2, 0.25) is 0 Å². The molecule has 0 N–H and O–H groups in total. The number of ketones is 1. The highest BCUT2D eigenvalue weighted by atomic mass is 31.2. The summed E-state index contributed by atoms with van der Waals surface area (Å²) in [5.41, 5.74) is 1.62. The topological polar surface area (TPSA) is 91.1 Å². The highest BCUT2D eigenvalue weighted by molar-refractivity contribution is 7.44. The molecule has 0 bridgehead atoms. The van der Waals surface area contributed by atoms with Gasteiger partial charge in [0.1, 0.15) is 30.3 Å². The number of hydrogen-bond acceptors (Lipinski definition) is 8. The van der Waals surface area contributed by atoms with Crippen LogP contribution in [0.3, 0.4) is 0 Å². The van der Waals surface area contributed by atoms with Crippen molar-refractivity contribution < 1.29 is 32.8 Å². The van der Waals surface area contributed by atoms with Crippen LogP contribution in [0, 0.1) is 6.57 Å². The smallest absolute Gasteiger partial charge is 0.259 e. The molecule has 268 valence electrons. The lowest BCUT2D eigenvalue weighted by molar-refractivity contribution is -0.140. The van der Waals surface area contributed by atoms with Crippen molar-refractivity contribution in [3.63, 3.8) is 0 Å². The van der Waals surface area contributed by atoms with E-state index in [0.717, 1.165) is 34.6 Å². The maximum absolute atomic E-state index is 13.8. The number of nitrogens with zero attached hydrogens (tertiary/aromatic N) is 3. The lowest BCUT2D eigenvalue weighted by Crippen LogP contribution is -2.43. The summed E-state index contributed by atoms with van der Waals surface area (Å²) in [5.74, 6) is 1.15. The van der Waals surface area contributed by atoms with Crippen LogP contribution in [-0.2, 0) is 29.0 Å². The third kappa shape index (κ3) is 9.48. The Hall–Kier alpha value is -3.84. The van der Waals surface area contributed by atoms with E-state index in [1.54, 1.807) is 19.1 Å². The molecule has 4 rings (SSSR count). The highest BCUT2D eigenvalue weighted by Crippen LogP contribution is 2.46. The van der Waals surface area contributed by atoms with Crippen molar-refractivity contribution in [3.8, 4) is 11.5 Å². The molecule has 1 aliphatic rings. The Kier molecular flexibility index (Phi) is 14.8. The summed E-state index contributed by atoms with van der Waals surface area (Å²) in [6.07, 6.45) is 1.44. The molecule has 1 amide bonds. The number of likely N-dealkylation sites (tertiary alicyclic amines) is 1. The second-order valence-electron chi connectivity index (χ2n) is 12.6. The quantitative estimate of drug-likeness (QED) is 0.0558. The molecule has 1 heterocycles. The van der Waals surface area contributed by atoms with E-state index in [1.165, 1.54) is 0 Å². The SMILES string of the molecule is [C-]#[N+]CCOP(OCC(=O)N1CCC[C@H]1C(=O)CCOC(c1ccccc1)(c1ccc(OC)cc1)c1ccc(OC)cc1)N(C(C)C)C(C)C. The number of Topliss-reactive ketones (excluding diaryl/α,β-unsaturated/α-hetero) is 1. The Bertz CT molecular complexity index is 1490. The van der Waals surface area contributed by atoms with Gasteiger partial charge in [0.05, 0.1) is 26.9 Å². The van der Waals surface area contributed by atoms with Gasteiger partial charge in [0, 0.05) is 25.0 Å². The number of hydrogen-bond donors (Lipinski definition) is 0. The van der Waals surface area contributed by atoms with Gasteiger partial charge >= 0.3 is 0 Å². The standard InChI is InChI=1S/C39H50N3O7P/c1-29(2)42(30(3)4)50(48-27-24-40-5)49-28-38(44)41-25-11-14-36(41)37(43)23-26-47-39(31-12-9-8-10-13-31,32-15-19-34(45-6)20-16-32)33-17-21-35(46-7)22-18-33/h8-10,12-13,15-22,29-30,36H,11,14,23-28H2,1-4,6-7H3/t36-,50?/m0/s1. The molecule has 50 heavy (non-hydrogen) atoms. The summed E-state index contributed by atoms with van der Waals surface area (Å²) in [5, 5.41) is 0. The lowest BCUT2D eigenvalue weighted by atomic mass is 9.80. The van der Waals surface area contributed by atoms with E-state index in [-0.39, 0.29) is 56.6 Å². The van der Waals surface area contributed by atoms with Crippen molar-refractivity contribution >= 4 is 20.2 Å². The van der Waals surface area contributed by atoms with Crippen LogP contribution in [0.5, 0.6) is 11.5 Å². The van der Waals surface area contributed by atoms with Crippen molar-refractivity contribution in [1.82, 2.24) is 9.57 Å². The summed E-state index contributed by atoms with van der Waals surface area (Å²) < 4.78 is 31.9. The van der Waals surface area contributed by atoms with Gasteiger partial charge in [-0.1, -0.05) is 54.6 Å². The predicted molar refractivity (Wildman–Crippen MR) is 195 cm³/mol. The van der Waals surface area contributed by atoms with E-state index in [1.807, 2.05) is 107 Å². The molecule has 0 radical (unpaired) electrons. The number of methoxy groups -OCH3 is 2. The fourth-order valence-electron chi connectivity index (χ4n) is 6.45. The first-order chi connectivity index (χ1) is 24.2. The van der Waals surface area contributed by atoms with Gasteiger partial charge < -0.3 is 33.0 Å². The fraction of sp³-hybridized carbons (Fsp3) is 0.462. The van der Waals surface area contributed by atoms with Crippen LogP contribution in [-0.4, -0.2) is 86.5 Å². The number of rotatable bonds is 19. The van der Waals surface area contributed by atoms with E-state index in [4.69, 9.17) is 29.8 Å². The van der Waals surface area contributed by atoms with Gasteiger partial charge in [-0.05, 0) is 81.5 Å². The zero-order valence-electron chi connectivity index (χ0n) is 30.0. The van der Waals surface area contributed by atoms with Crippen LogP contribution >= 0.6 is 8.53 Å². The average molecular weight is 704 g/mol. The first-order valence-electron chi connectivity index (χ1n) is 17.1. The Morgan fingerprint density at radius 3 is 1.94 bits per heavy atom. The fourth-order valence-corrected chi connectivity index (χ4v) is 8.00. The molecule has 0 saturated carbocycles. The maximum Gasteiger partial charge on any atom is 0.259 e. The molecule has 3 aromatic rings. The van der Waals surface area contributed by atoms with Crippen molar-refractivity contribution in [3.05, 3.63) is 107 Å². The monoisotopic (exact) mass is 703 g/mol. The summed E-state index contributed by atoms with van der Waals surface area (Å²) >= 11 is 0. The molecular formula is C39H50N3O7P. The van der Waals surface area contributed by atoms with Gasteiger partial charge in [-0.3, -0.25) is 9.59 Å². The Balaban J connectivity index is 1.52. The van der Waals surface area contributed by atoms with E-state index in [2.05, 4.69) is 9.52 Å². The minimum absolute atomic E-state index is 0.0520. The molecule has 1 aliphatic heterocycles. The van der Waals surface area contributed by atoms with Gasteiger partial charge in [-0.25, -0.2) is 11.2 Å². The number of carbonyl (C=O) groups excluding carboxylic acids is 2. The summed E-state index contributed by atoms with van der Waals surface area (Å²) in [7, 11) is 1.70. The first kappa shape index (κ1) is 39.0. The molecular weight excluding hydrogens is 653 g/mol. The van der Waals surface area contributed by atoms with Gasteiger partial charge in [0.2, 0.25) is 12.5 Å². The molecule has 0 spiro atoms. The van der Waals surface area contributed by atoms with Gasteiger partial charge in [-0.2, -0.15) is 0 Å². The lowest BCUT2D eigenvalue weighted by Gasteiger charge is -2.36. The molecule has 0 aliphatic carbocycles. The molecule has 1 fully saturated rings. The largest absolute Gasteiger partial charge is 0.497 e. The highest BCUT2D eigenvalue weighted by Gasteiger charge is 2.39. The third-order valence-corrected chi connectivity index (χ3v) is 10.8. The molecule has 3 aromatic carbocycles. The number of carbonyl (C=O) groups is 2. The molecule has 1 saturated heterocycles. The van der Waals surface area contributed by atoms with Crippen LogP contribution in [0.25, 0.3) is 4.85 Å². The average Bonchev–Trinajstić information content (AvgIpc) is 3.63. The molecule has 1 unspecified atom stereocenters. The summed E-state index contributed by atoms with van der Waals surface area (Å²) in [4.78, 5) is 32.4. The number of ether oxygens (including phenoxy) is 3. The van der Waals surface area contributed by atoms with Crippen molar-refractivity contribution in [2.24, 2.45) is 0 Å². The molecule has 11 heteroatoms. The van der Waals surface area contributed by atoms with Crippen molar-refractivity contribution in [2.45, 2.75) is 70.7 Å². The van der Waals surface area contributed by atoms with E-state index in [0.29, 0.717) is 13.0 Å². The number of amides is 1. The summed E-state index contributed by atoms with van der Waals surface area (Å²) in [6.45, 7) is 16.1. The van der Waals surface area contributed by atoms with Gasteiger partial charge in [0.25, 0.3) is 8.53 Å². The Labute approximate surface area is 298 Å². The predicted octanol–water partition coefficient (Wildman–Crippen LogP) is 7.26. The second-order valence-corrected chi connectivity index (χ2v) is 14.1. The second kappa shape index (κ2) is 19.0. The molecule has 0 aromatic heterocycles. The van der Waals surface area contributed by atoms with Crippen LogP contribution in [0.1, 0.15) is 63.6 Å². The Morgan fingerprint density at radius 2 is 1.42 bits per heavy atom. The zero-order chi connectivity index (χ0) is 36.1. The maximum atomic E-state index is 13.8.